The van der Waals surface area contributed by atoms with Gasteiger partial charge in [0.05, 0.1) is 11.4 Å². The number of likely N-dealkylation sites (tertiary alicyclic amines) is 1. The molecule has 1 aliphatic heterocycles. The molecule has 2 aromatic rings. The second-order valence-corrected chi connectivity index (χ2v) is 5.75. The van der Waals surface area contributed by atoms with Gasteiger partial charge in [-0.3, -0.25) is 9.88 Å². The maximum absolute atomic E-state index is 4.63. The van der Waals surface area contributed by atoms with Crippen LogP contribution in [0.2, 0.25) is 0 Å². The summed E-state index contributed by atoms with van der Waals surface area (Å²) in [6, 6.07) is 4.58. The van der Waals surface area contributed by atoms with E-state index in [1.165, 1.54) is 24.9 Å². The van der Waals surface area contributed by atoms with Crippen LogP contribution in [0.5, 0.6) is 0 Å². The van der Waals surface area contributed by atoms with E-state index in [1.807, 2.05) is 16.8 Å². The number of nitrogens with zero attached hydrogens (tertiary/aromatic N) is 4. The molecule has 0 saturated carbocycles. The molecule has 0 radical (unpaired) electrons. The highest BCUT2D eigenvalue weighted by Crippen LogP contribution is 2.17. The van der Waals surface area contributed by atoms with Crippen molar-refractivity contribution in [2.45, 2.75) is 32.4 Å². The van der Waals surface area contributed by atoms with Crippen molar-refractivity contribution in [3.8, 4) is 5.69 Å². The molecule has 1 atom stereocenters. The normalized spacial score (nSPS) is 18.9. The number of likely N-dealkylation sites (N-methyl/N-ethyl adjacent to an activating group) is 1. The molecule has 22 heavy (non-hydrogen) atoms. The Morgan fingerprint density at radius 1 is 1.32 bits per heavy atom. The van der Waals surface area contributed by atoms with Crippen molar-refractivity contribution in [2.24, 2.45) is 0 Å². The molecule has 120 valence electrons. The van der Waals surface area contributed by atoms with E-state index in [1.54, 1.807) is 12.4 Å². The first kappa shape index (κ1) is 16.9. The Morgan fingerprint density at radius 3 is 2.82 bits per heavy atom. The minimum absolute atomic E-state index is 0. The molecular formula is C16H24ClN5. The standard InChI is InChI=1S/C16H23N5.ClH/c1-13-14(10-20-9-3-4-15(12-20)17-2)11-21(19-13)16-5-7-18-8-6-16;/h5-8,11,15,17H,3-4,9-10,12H2,1-2H3;1H. The lowest BCUT2D eigenvalue weighted by Crippen LogP contribution is -2.43. The summed E-state index contributed by atoms with van der Waals surface area (Å²) in [6.45, 7) is 5.37. The van der Waals surface area contributed by atoms with Crippen molar-refractivity contribution in [3.63, 3.8) is 0 Å². The maximum atomic E-state index is 4.63. The van der Waals surface area contributed by atoms with Crippen LogP contribution in [0.15, 0.2) is 30.7 Å². The summed E-state index contributed by atoms with van der Waals surface area (Å²) in [7, 11) is 2.06. The van der Waals surface area contributed by atoms with Gasteiger partial charge in [-0.2, -0.15) is 5.10 Å². The Hall–Kier alpha value is -1.43. The summed E-state index contributed by atoms with van der Waals surface area (Å²) in [5.74, 6) is 0. The van der Waals surface area contributed by atoms with Gasteiger partial charge < -0.3 is 5.32 Å². The SMILES string of the molecule is CNC1CCCN(Cc2cn(-c3ccncc3)nc2C)C1.Cl. The average Bonchev–Trinajstić information content (AvgIpc) is 2.89. The topological polar surface area (TPSA) is 46.0 Å². The third-order valence-electron chi connectivity index (χ3n) is 4.24. The molecule has 5 nitrogen and oxygen atoms in total. The van der Waals surface area contributed by atoms with E-state index >= 15 is 0 Å². The number of hydrogen-bond acceptors (Lipinski definition) is 4. The van der Waals surface area contributed by atoms with Gasteiger partial charge in [0.2, 0.25) is 0 Å². The van der Waals surface area contributed by atoms with Crippen LogP contribution < -0.4 is 5.32 Å². The molecular weight excluding hydrogens is 298 g/mol. The van der Waals surface area contributed by atoms with Crippen molar-refractivity contribution < 1.29 is 0 Å². The van der Waals surface area contributed by atoms with Crippen LogP contribution in [0.25, 0.3) is 5.69 Å². The van der Waals surface area contributed by atoms with Crippen LogP contribution in [0, 0.1) is 6.92 Å². The summed E-state index contributed by atoms with van der Waals surface area (Å²) in [6.07, 6.45) is 8.29. The van der Waals surface area contributed by atoms with Gasteiger partial charge in [0.25, 0.3) is 0 Å². The summed E-state index contributed by atoms with van der Waals surface area (Å²) < 4.78 is 1.95. The molecule has 3 rings (SSSR count). The molecule has 1 saturated heterocycles. The first-order valence-corrected chi connectivity index (χ1v) is 7.61. The molecule has 0 amide bonds. The maximum Gasteiger partial charge on any atom is 0.0676 e. The number of hydrogen-bond donors (Lipinski definition) is 1. The van der Waals surface area contributed by atoms with Gasteiger partial charge in [0.15, 0.2) is 0 Å². The molecule has 1 aliphatic rings. The molecule has 3 heterocycles. The fraction of sp³-hybridized carbons (Fsp3) is 0.500. The number of aryl methyl sites for hydroxylation is 1. The molecule has 0 aromatic carbocycles. The van der Waals surface area contributed by atoms with E-state index in [2.05, 4.69) is 40.5 Å². The van der Waals surface area contributed by atoms with Gasteiger partial charge >= 0.3 is 0 Å². The van der Waals surface area contributed by atoms with E-state index in [4.69, 9.17) is 0 Å². The molecule has 1 N–H and O–H groups in total. The predicted molar refractivity (Wildman–Crippen MR) is 90.7 cm³/mol. The van der Waals surface area contributed by atoms with Crippen molar-refractivity contribution >= 4 is 12.4 Å². The molecule has 0 bridgehead atoms. The average molecular weight is 322 g/mol. The zero-order chi connectivity index (χ0) is 14.7. The molecule has 1 unspecified atom stereocenters. The Labute approximate surface area is 138 Å². The lowest BCUT2D eigenvalue weighted by atomic mass is 10.1. The smallest absolute Gasteiger partial charge is 0.0676 e. The van der Waals surface area contributed by atoms with Gasteiger partial charge in [-0.25, -0.2) is 4.68 Å². The minimum Gasteiger partial charge on any atom is -0.316 e. The van der Waals surface area contributed by atoms with Gasteiger partial charge in [-0.1, -0.05) is 0 Å². The zero-order valence-corrected chi connectivity index (χ0v) is 14.0. The third-order valence-corrected chi connectivity index (χ3v) is 4.24. The fourth-order valence-electron chi connectivity index (χ4n) is 2.96. The third kappa shape index (κ3) is 3.85. The van der Waals surface area contributed by atoms with Gasteiger partial charge in [0, 0.05) is 43.3 Å². The van der Waals surface area contributed by atoms with Crippen molar-refractivity contribution in [1.82, 2.24) is 25.0 Å². The highest BCUT2D eigenvalue weighted by molar-refractivity contribution is 5.85. The Bertz CT molecular complexity index is 583. The first-order valence-electron chi connectivity index (χ1n) is 7.61. The number of halogens is 1. The lowest BCUT2D eigenvalue weighted by molar-refractivity contribution is 0.187. The largest absolute Gasteiger partial charge is 0.316 e. The van der Waals surface area contributed by atoms with E-state index in [0.717, 1.165) is 24.5 Å². The van der Waals surface area contributed by atoms with Crippen molar-refractivity contribution in [1.29, 1.82) is 0 Å². The quantitative estimate of drug-likeness (QED) is 0.937. The van der Waals surface area contributed by atoms with Crippen molar-refractivity contribution in [2.75, 3.05) is 20.1 Å². The second-order valence-electron chi connectivity index (χ2n) is 5.75. The first-order chi connectivity index (χ1) is 10.3. The summed E-state index contributed by atoms with van der Waals surface area (Å²) >= 11 is 0. The Kier molecular flexibility index (Phi) is 5.94. The fourth-order valence-corrected chi connectivity index (χ4v) is 2.96. The van der Waals surface area contributed by atoms with Crippen LogP contribution in [0.1, 0.15) is 24.1 Å². The lowest BCUT2D eigenvalue weighted by Gasteiger charge is -2.32. The number of piperidine rings is 1. The zero-order valence-electron chi connectivity index (χ0n) is 13.2. The number of rotatable bonds is 4. The summed E-state index contributed by atoms with van der Waals surface area (Å²) in [4.78, 5) is 6.57. The molecule has 0 aliphatic carbocycles. The second kappa shape index (κ2) is 7.72. The van der Waals surface area contributed by atoms with E-state index in [-0.39, 0.29) is 12.4 Å². The van der Waals surface area contributed by atoms with Gasteiger partial charge in [-0.05, 0) is 45.5 Å². The monoisotopic (exact) mass is 321 g/mol. The van der Waals surface area contributed by atoms with Gasteiger partial charge in [-0.15, -0.1) is 12.4 Å². The summed E-state index contributed by atoms with van der Waals surface area (Å²) in [5.41, 5.74) is 3.48. The van der Waals surface area contributed by atoms with E-state index < -0.39 is 0 Å². The van der Waals surface area contributed by atoms with Crippen LogP contribution >= 0.6 is 12.4 Å². The minimum atomic E-state index is 0. The molecule has 0 spiro atoms. The molecule has 6 heteroatoms. The number of aromatic nitrogens is 3. The predicted octanol–water partition coefficient (Wildman–Crippen LogP) is 2.18. The van der Waals surface area contributed by atoms with E-state index in [0.29, 0.717) is 6.04 Å². The highest BCUT2D eigenvalue weighted by Gasteiger charge is 2.19. The molecule has 2 aromatic heterocycles. The Balaban J connectivity index is 0.00000176. The Morgan fingerprint density at radius 2 is 2.09 bits per heavy atom. The van der Waals surface area contributed by atoms with Crippen LogP contribution in [0.4, 0.5) is 0 Å². The number of nitrogens with one attached hydrogen (secondary N) is 1. The van der Waals surface area contributed by atoms with Gasteiger partial charge in [0.1, 0.15) is 0 Å². The molecule has 1 fully saturated rings. The van der Waals surface area contributed by atoms with Crippen LogP contribution in [-0.2, 0) is 6.54 Å². The van der Waals surface area contributed by atoms with Crippen molar-refractivity contribution in [3.05, 3.63) is 42.0 Å². The van der Waals surface area contributed by atoms with E-state index in [9.17, 15) is 0 Å². The summed E-state index contributed by atoms with van der Waals surface area (Å²) in [5, 5.41) is 8.03. The number of pyridine rings is 1. The highest BCUT2D eigenvalue weighted by atomic mass is 35.5. The van der Waals surface area contributed by atoms with Crippen LogP contribution in [-0.4, -0.2) is 45.8 Å². The van der Waals surface area contributed by atoms with Crippen LogP contribution in [0.3, 0.4) is 0 Å².